The van der Waals surface area contributed by atoms with Crippen molar-refractivity contribution in [2.24, 2.45) is 0 Å². The fraction of sp³-hybridized carbons (Fsp3) is 0.600. The number of fused-ring (bicyclic) bond motifs is 1. The summed E-state index contributed by atoms with van der Waals surface area (Å²) in [6.07, 6.45) is 4.09. The molecule has 18 heavy (non-hydrogen) atoms. The van der Waals surface area contributed by atoms with Crippen molar-refractivity contribution in [2.45, 2.75) is 31.8 Å². The third kappa shape index (κ3) is 2.68. The number of nitrogens with two attached hydrogens (primary N) is 1. The zero-order valence-electron chi connectivity index (χ0n) is 11.0. The van der Waals surface area contributed by atoms with Crippen molar-refractivity contribution in [3.8, 4) is 0 Å². The van der Waals surface area contributed by atoms with E-state index in [4.69, 9.17) is 5.73 Å². The van der Waals surface area contributed by atoms with E-state index >= 15 is 0 Å². The van der Waals surface area contributed by atoms with Gasteiger partial charge >= 0.3 is 0 Å². The van der Waals surface area contributed by atoms with Gasteiger partial charge in [-0.2, -0.15) is 0 Å². The van der Waals surface area contributed by atoms with Crippen molar-refractivity contribution in [3.05, 3.63) is 29.8 Å². The Morgan fingerprint density at radius 1 is 1.06 bits per heavy atom. The second-order valence-electron chi connectivity index (χ2n) is 5.66. The summed E-state index contributed by atoms with van der Waals surface area (Å²) < 4.78 is 0. The Balaban J connectivity index is 1.63. The Morgan fingerprint density at radius 3 is 2.67 bits per heavy atom. The van der Waals surface area contributed by atoms with Gasteiger partial charge in [-0.1, -0.05) is 12.1 Å². The van der Waals surface area contributed by atoms with Crippen molar-refractivity contribution in [3.63, 3.8) is 0 Å². The first-order valence-electron chi connectivity index (χ1n) is 7.12. The predicted octanol–water partition coefficient (Wildman–Crippen LogP) is 1.94. The maximum absolute atomic E-state index is 5.73. The predicted molar refractivity (Wildman–Crippen MR) is 75.3 cm³/mol. The number of benzene rings is 1. The Bertz CT molecular complexity index is 387. The fourth-order valence-electron chi connectivity index (χ4n) is 3.31. The molecule has 3 heteroatoms. The molecule has 0 saturated carbocycles. The summed E-state index contributed by atoms with van der Waals surface area (Å²) >= 11 is 0. The van der Waals surface area contributed by atoms with Gasteiger partial charge in [0.1, 0.15) is 0 Å². The van der Waals surface area contributed by atoms with E-state index in [1.54, 1.807) is 0 Å². The summed E-state index contributed by atoms with van der Waals surface area (Å²) in [5.74, 6) is 0. The van der Waals surface area contributed by atoms with Crippen molar-refractivity contribution >= 4 is 5.69 Å². The van der Waals surface area contributed by atoms with E-state index in [9.17, 15) is 0 Å². The lowest BCUT2D eigenvalue weighted by atomic mass is 10.1. The molecule has 0 radical (unpaired) electrons. The van der Waals surface area contributed by atoms with Gasteiger partial charge in [0.25, 0.3) is 0 Å². The zero-order chi connectivity index (χ0) is 12.4. The summed E-state index contributed by atoms with van der Waals surface area (Å²) in [5.41, 5.74) is 7.98. The molecular weight excluding hydrogens is 222 g/mol. The van der Waals surface area contributed by atoms with Crippen LogP contribution in [0.5, 0.6) is 0 Å². The summed E-state index contributed by atoms with van der Waals surface area (Å²) in [7, 11) is 0. The van der Waals surface area contributed by atoms with Crippen LogP contribution in [-0.4, -0.2) is 42.0 Å². The summed E-state index contributed by atoms with van der Waals surface area (Å²) in [5, 5.41) is 0. The number of anilines is 1. The molecule has 1 aromatic rings. The largest absolute Gasteiger partial charge is 0.399 e. The number of hydrogen-bond donors (Lipinski definition) is 1. The number of nitrogens with zero attached hydrogens (tertiary/aromatic N) is 2. The van der Waals surface area contributed by atoms with Crippen LogP contribution in [0.25, 0.3) is 0 Å². The van der Waals surface area contributed by atoms with Crippen LogP contribution in [0.3, 0.4) is 0 Å². The molecule has 1 atom stereocenters. The summed E-state index contributed by atoms with van der Waals surface area (Å²) in [6, 6.07) is 9.14. The second kappa shape index (κ2) is 5.29. The van der Waals surface area contributed by atoms with Gasteiger partial charge < -0.3 is 5.73 Å². The number of nitrogen functional groups attached to an aromatic ring is 1. The van der Waals surface area contributed by atoms with Crippen molar-refractivity contribution in [1.82, 2.24) is 9.80 Å². The molecule has 2 saturated heterocycles. The average Bonchev–Trinajstić information content (AvgIpc) is 2.71. The highest BCUT2D eigenvalue weighted by Gasteiger charge is 2.28. The van der Waals surface area contributed by atoms with Crippen LogP contribution >= 0.6 is 0 Å². The van der Waals surface area contributed by atoms with E-state index in [-0.39, 0.29) is 0 Å². The van der Waals surface area contributed by atoms with Gasteiger partial charge in [-0.05, 0) is 56.6 Å². The molecule has 0 bridgehead atoms. The van der Waals surface area contributed by atoms with Crippen LogP contribution in [0.2, 0.25) is 0 Å². The van der Waals surface area contributed by atoms with Crippen molar-refractivity contribution < 1.29 is 0 Å². The number of hydrogen-bond acceptors (Lipinski definition) is 3. The van der Waals surface area contributed by atoms with Gasteiger partial charge in [-0.25, -0.2) is 0 Å². The molecule has 3 nitrogen and oxygen atoms in total. The standard InChI is InChI=1S/C15H23N3/c16-14-6-4-13(5-7-14)11-17-8-2-10-18-9-1-3-15(18)12-17/h4-7,15H,1-3,8-12,16H2. The normalized spacial score (nSPS) is 25.9. The third-order valence-corrected chi connectivity index (χ3v) is 4.27. The van der Waals surface area contributed by atoms with Crippen LogP contribution in [0.1, 0.15) is 24.8 Å². The first-order chi connectivity index (χ1) is 8.81. The van der Waals surface area contributed by atoms with Gasteiger partial charge in [0.2, 0.25) is 0 Å². The molecule has 0 aliphatic carbocycles. The Labute approximate surface area is 110 Å². The SMILES string of the molecule is Nc1ccc(CN2CCCN3CCCC3C2)cc1. The molecule has 0 aromatic heterocycles. The number of rotatable bonds is 2. The molecule has 0 spiro atoms. The van der Waals surface area contributed by atoms with E-state index in [1.807, 2.05) is 12.1 Å². The molecule has 3 rings (SSSR count). The minimum Gasteiger partial charge on any atom is -0.399 e. The molecule has 98 valence electrons. The first-order valence-corrected chi connectivity index (χ1v) is 7.12. The van der Waals surface area contributed by atoms with Crippen LogP contribution < -0.4 is 5.73 Å². The Kier molecular flexibility index (Phi) is 3.52. The highest BCUT2D eigenvalue weighted by Crippen LogP contribution is 2.22. The van der Waals surface area contributed by atoms with Crippen molar-refractivity contribution in [1.29, 1.82) is 0 Å². The van der Waals surface area contributed by atoms with Crippen molar-refractivity contribution in [2.75, 3.05) is 31.9 Å². The molecule has 2 N–H and O–H groups in total. The first kappa shape index (κ1) is 12.0. The minimum absolute atomic E-state index is 0.807. The van der Waals surface area contributed by atoms with Crippen LogP contribution in [0.15, 0.2) is 24.3 Å². The topological polar surface area (TPSA) is 32.5 Å². The lowest BCUT2D eigenvalue weighted by Gasteiger charge is -2.25. The second-order valence-corrected chi connectivity index (χ2v) is 5.66. The third-order valence-electron chi connectivity index (χ3n) is 4.27. The zero-order valence-corrected chi connectivity index (χ0v) is 11.0. The molecule has 1 unspecified atom stereocenters. The molecule has 2 heterocycles. The summed E-state index contributed by atoms with van der Waals surface area (Å²) in [6.45, 7) is 6.16. The molecular formula is C15H23N3. The molecule has 1 aromatic carbocycles. The molecule has 0 amide bonds. The fourth-order valence-corrected chi connectivity index (χ4v) is 3.31. The van der Waals surface area contributed by atoms with Gasteiger partial charge in [-0.3, -0.25) is 9.80 Å². The highest BCUT2D eigenvalue weighted by molar-refractivity contribution is 5.39. The van der Waals surface area contributed by atoms with E-state index in [1.165, 1.54) is 51.0 Å². The van der Waals surface area contributed by atoms with Crippen LogP contribution in [-0.2, 0) is 6.54 Å². The summed E-state index contributed by atoms with van der Waals surface area (Å²) in [4.78, 5) is 5.30. The van der Waals surface area contributed by atoms with E-state index in [2.05, 4.69) is 21.9 Å². The molecule has 2 aliphatic heterocycles. The lowest BCUT2D eigenvalue weighted by molar-refractivity contribution is 0.215. The monoisotopic (exact) mass is 245 g/mol. The van der Waals surface area contributed by atoms with Gasteiger partial charge in [0.15, 0.2) is 0 Å². The molecule has 2 aliphatic rings. The van der Waals surface area contributed by atoms with E-state index in [0.717, 1.165) is 18.3 Å². The maximum atomic E-state index is 5.73. The maximum Gasteiger partial charge on any atom is 0.0314 e. The Morgan fingerprint density at radius 2 is 1.83 bits per heavy atom. The van der Waals surface area contributed by atoms with E-state index < -0.39 is 0 Å². The smallest absolute Gasteiger partial charge is 0.0314 e. The van der Waals surface area contributed by atoms with Crippen LogP contribution in [0.4, 0.5) is 5.69 Å². The van der Waals surface area contributed by atoms with E-state index in [0.29, 0.717) is 0 Å². The average molecular weight is 245 g/mol. The Hall–Kier alpha value is -1.06. The molecule has 2 fully saturated rings. The van der Waals surface area contributed by atoms with Gasteiger partial charge in [0.05, 0.1) is 0 Å². The highest BCUT2D eigenvalue weighted by atomic mass is 15.3. The minimum atomic E-state index is 0.807. The van der Waals surface area contributed by atoms with Gasteiger partial charge in [0, 0.05) is 24.8 Å². The lowest BCUT2D eigenvalue weighted by Crippen LogP contribution is -2.36. The van der Waals surface area contributed by atoms with Crippen LogP contribution in [0, 0.1) is 0 Å². The van der Waals surface area contributed by atoms with Gasteiger partial charge in [-0.15, -0.1) is 0 Å². The quantitative estimate of drug-likeness (QED) is 0.808.